The Morgan fingerprint density at radius 3 is 2.41 bits per heavy atom. The molecule has 7 heteroatoms. The topological polar surface area (TPSA) is 97.1 Å². The van der Waals surface area contributed by atoms with Gasteiger partial charge in [0.05, 0.1) is 16.6 Å². The maximum Gasteiger partial charge on any atom is 0.259 e. The highest BCUT2D eigenvalue weighted by Gasteiger charge is 2.19. The van der Waals surface area contributed by atoms with Gasteiger partial charge in [-0.2, -0.15) is 0 Å². The first-order chi connectivity index (χ1) is 13.8. The second-order valence-corrected chi connectivity index (χ2v) is 7.72. The third-order valence-corrected chi connectivity index (χ3v) is 4.67. The third kappa shape index (κ3) is 4.62. The van der Waals surface area contributed by atoms with Crippen molar-refractivity contribution in [3.63, 3.8) is 0 Å². The van der Waals surface area contributed by atoms with Crippen LogP contribution in [0.1, 0.15) is 60.9 Å². The predicted octanol–water partition coefficient (Wildman–Crippen LogP) is 4.18. The van der Waals surface area contributed by atoms with Crippen LogP contribution in [0.5, 0.6) is 0 Å². The van der Waals surface area contributed by atoms with Gasteiger partial charge in [-0.3, -0.25) is 9.59 Å². The highest BCUT2D eigenvalue weighted by Crippen LogP contribution is 2.25. The number of nitrogens with one attached hydrogen (secondary N) is 2. The fourth-order valence-corrected chi connectivity index (χ4v) is 2.86. The molecule has 0 unspecified atom stereocenters. The molecular formula is C22H26N4O3. The summed E-state index contributed by atoms with van der Waals surface area (Å²) in [5, 5.41) is 10.4. The van der Waals surface area contributed by atoms with Crippen LogP contribution in [0.15, 0.2) is 34.9 Å². The average Bonchev–Trinajstić information content (AvgIpc) is 3.07. The molecular weight excluding hydrogens is 368 g/mol. The summed E-state index contributed by atoms with van der Waals surface area (Å²) in [4.78, 5) is 29.1. The first-order valence-corrected chi connectivity index (χ1v) is 9.71. The molecule has 2 amide bonds. The molecule has 0 aliphatic rings. The van der Waals surface area contributed by atoms with Gasteiger partial charge in [-0.1, -0.05) is 45.0 Å². The molecule has 0 atom stereocenters. The van der Waals surface area contributed by atoms with Crippen LogP contribution in [0.4, 0.5) is 5.69 Å². The first-order valence-electron chi connectivity index (χ1n) is 9.71. The van der Waals surface area contributed by atoms with Gasteiger partial charge >= 0.3 is 0 Å². The van der Waals surface area contributed by atoms with Gasteiger partial charge in [-0.15, -0.1) is 0 Å². The van der Waals surface area contributed by atoms with Crippen LogP contribution in [-0.2, 0) is 11.3 Å². The fourth-order valence-electron chi connectivity index (χ4n) is 2.86. The lowest BCUT2D eigenvalue weighted by atomic mass is 10.0. The van der Waals surface area contributed by atoms with Crippen LogP contribution in [0.2, 0.25) is 0 Å². The number of hydrogen-bond acceptors (Lipinski definition) is 5. The highest BCUT2D eigenvalue weighted by atomic mass is 16.5. The molecule has 0 radical (unpaired) electrons. The normalized spacial score (nSPS) is 11.3. The van der Waals surface area contributed by atoms with Gasteiger partial charge in [-0.25, -0.2) is 4.98 Å². The van der Waals surface area contributed by atoms with Crippen LogP contribution in [-0.4, -0.2) is 22.0 Å². The largest absolute Gasteiger partial charge is 0.348 e. The number of aromatic nitrogens is 2. The SMILES string of the molecule is Cc1noc2nc(C(C)C)cc(C(=O)NCc3ccc(NC(=O)C(C)C)cc3)c12. The fraction of sp³-hybridized carbons (Fsp3) is 0.364. The molecule has 0 saturated carbocycles. The van der Waals surface area contributed by atoms with E-state index in [4.69, 9.17) is 4.52 Å². The van der Waals surface area contributed by atoms with E-state index in [1.54, 1.807) is 13.0 Å². The molecule has 0 aliphatic carbocycles. The van der Waals surface area contributed by atoms with Crippen LogP contribution in [0.3, 0.4) is 0 Å². The van der Waals surface area contributed by atoms with Gasteiger partial charge in [0.1, 0.15) is 0 Å². The monoisotopic (exact) mass is 394 g/mol. The molecule has 3 aromatic rings. The molecule has 7 nitrogen and oxygen atoms in total. The Labute approximate surface area is 169 Å². The first kappa shape index (κ1) is 20.5. The molecule has 0 spiro atoms. The molecule has 2 N–H and O–H groups in total. The third-order valence-electron chi connectivity index (χ3n) is 4.67. The number of rotatable bonds is 6. The van der Waals surface area contributed by atoms with E-state index in [9.17, 15) is 9.59 Å². The Balaban J connectivity index is 1.74. The van der Waals surface area contributed by atoms with Gasteiger partial charge in [0.15, 0.2) is 0 Å². The molecule has 3 rings (SSSR count). The van der Waals surface area contributed by atoms with E-state index in [1.807, 2.05) is 52.0 Å². The minimum Gasteiger partial charge on any atom is -0.348 e. The smallest absolute Gasteiger partial charge is 0.259 e. The maximum absolute atomic E-state index is 12.9. The molecule has 0 aliphatic heterocycles. The van der Waals surface area contributed by atoms with Crippen LogP contribution < -0.4 is 10.6 Å². The number of aryl methyl sites for hydroxylation is 1. The van der Waals surface area contributed by atoms with Crippen molar-refractivity contribution in [1.82, 2.24) is 15.5 Å². The van der Waals surface area contributed by atoms with Crippen LogP contribution in [0.25, 0.3) is 11.1 Å². The zero-order valence-electron chi connectivity index (χ0n) is 17.4. The number of hydrogen-bond donors (Lipinski definition) is 2. The molecule has 0 fully saturated rings. The van der Waals surface area contributed by atoms with Gasteiger partial charge < -0.3 is 15.2 Å². The Hall–Kier alpha value is -3.22. The van der Waals surface area contributed by atoms with Crippen molar-refractivity contribution in [3.8, 4) is 0 Å². The number of fused-ring (bicyclic) bond motifs is 1. The van der Waals surface area contributed by atoms with E-state index in [0.717, 1.165) is 16.9 Å². The number of amides is 2. The van der Waals surface area contributed by atoms with Crippen molar-refractivity contribution < 1.29 is 14.1 Å². The Morgan fingerprint density at radius 2 is 1.79 bits per heavy atom. The van der Waals surface area contributed by atoms with Crippen molar-refractivity contribution >= 4 is 28.6 Å². The number of pyridine rings is 1. The van der Waals surface area contributed by atoms with Crippen LogP contribution in [0, 0.1) is 12.8 Å². The molecule has 29 heavy (non-hydrogen) atoms. The van der Waals surface area contributed by atoms with E-state index in [0.29, 0.717) is 28.9 Å². The van der Waals surface area contributed by atoms with Gasteiger partial charge in [0, 0.05) is 23.8 Å². The van der Waals surface area contributed by atoms with E-state index >= 15 is 0 Å². The second-order valence-electron chi connectivity index (χ2n) is 7.72. The van der Waals surface area contributed by atoms with Crippen molar-refractivity contribution in [1.29, 1.82) is 0 Å². The summed E-state index contributed by atoms with van der Waals surface area (Å²) >= 11 is 0. The Morgan fingerprint density at radius 1 is 1.10 bits per heavy atom. The number of anilines is 1. The van der Waals surface area contributed by atoms with E-state index in [2.05, 4.69) is 20.8 Å². The average molecular weight is 394 g/mol. The summed E-state index contributed by atoms with van der Waals surface area (Å²) in [5.74, 6) is -0.159. The number of carbonyl (C=O) groups is 2. The molecule has 2 heterocycles. The molecule has 0 saturated heterocycles. The Bertz CT molecular complexity index is 1040. The number of carbonyl (C=O) groups excluding carboxylic acids is 2. The lowest BCUT2D eigenvalue weighted by Crippen LogP contribution is -2.23. The van der Waals surface area contributed by atoms with Crippen LogP contribution >= 0.6 is 0 Å². The zero-order chi connectivity index (χ0) is 21.1. The van der Waals surface area contributed by atoms with Gasteiger partial charge in [0.25, 0.3) is 11.6 Å². The predicted molar refractivity (Wildman–Crippen MR) is 112 cm³/mol. The minimum absolute atomic E-state index is 0.0298. The summed E-state index contributed by atoms with van der Waals surface area (Å²) in [6.07, 6.45) is 0. The standard InChI is InChI=1S/C22H26N4O3/c1-12(2)18-10-17(19-14(5)26-29-22(19)25-18)21(28)23-11-15-6-8-16(9-7-15)24-20(27)13(3)4/h6-10,12-13H,11H2,1-5H3,(H,23,28)(H,24,27). The summed E-state index contributed by atoms with van der Waals surface area (Å²) in [6.45, 7) is 9.87. The summed E-state index contributed by atoms with van der Waals surface area (Å²) in [7, 11) is 0. The van der Waals surface area contributed by atoms with Crippen molar-refractivity contribution in [2.45, 2.75) is 47.1 Å². The molecule has 152 valence electrons. The van der Waals surface area contributed by atoms with Gasteiger partial charge in [0.2, 0.25) is 5.91 Å². The minimum atomic E-state index is -0.206. The van der Waals surface area contributed by atoms with Gasteiger partial charge in [-0.05, 0) is 36.6 Å². The molecule has 1 aromatic carbocycles. The van der Waals surface area contributed by atoms with E-state index in [-0.39, 0.29) is 23.7 Å². The molecule has 2 aromatic heterocycles. The summed E-state index contributed by atoms with van der Waals surface area (Å²) < 4.78 is 5.28. The second kappa shape index (κ2) is 8.43. The highest BCUT2D eigenvalue weighted by molar-refractivity contribution is 6.06. The quantitative estimate of drug-likeness (QED) is 0.654. The van der Waals surface area contributed by atoms with Crippen molar-refractivity contribution in [2.24, 2.45) is 5.92 Å². The lowest BCUT2D eigenvalue weighted by molar-refractivity contribution is -0.118. The zero-order valence-corrected chi connectivity index (χ0v) is 17.4. The Kier molecular flexibility index (Phi) is 5.96. The van der Waals surface area contributed by atoms with Crippen molar-refractivity contribution in [3.05, 3.63) is 52.8 Å². The lowest BCUT2D eigenvalue weighted by Gasteiger charge is -2.11. The summed E-state index contributed by atoms with van der Waals surface area (Å²) in [6, 6.07) is 9.21. The maximum atomic E-state index is 12.9. The number of nitrogens with zero attached hydrogens (tertiary/aromatic N) is 2. The van der Waals surface area contributed by atoms with Crippen molar-refractivity contribution in [2.75, 3.05) is 5.32 Å². The van der Waals surface area contributed by atoms with E-state index < -0.39 is 0 Å². The number of benzene rings is 1. The molecule has 0 bridgehead atoms. The van der Waals surface area contributed by atoms with E-state index in [1.165, 1.54) is 0 Å². The summed E-state index contributed by atoms with van der Waals surface area (Å²) in [5.41, 5.74) is 3.97.